The number of thiazole rings is 2. The first-order chi connectivity index (χ1) is 24.3. The Kier molecular flexibility index (Phi) is 11.8. The Labute approximate surface area is 298 Å². The van der Waals surface area contributed by atoms with Gasteiger partial charge in [-0.05, 0) is 82.6 Å². The quantitative estimate of drug-likeness (QED) is 0.0355. The van der Waals surface area contributed by atoms with Gasteiger partial charge in [-0.15, -0.1) is 22.7 Å². The number of oxime groups is 2. The molecule has 2 heterocycles. The summed E-state index contributed by atoms with van der Waals surface area (Å²) in [7, 11) is 0. The van der Waals surface area contributed by atoms with E-state index in [1.54, 1.807) is 42.2 Å². The van der Waals surface area contributed by atoms with E-state index in [9.17, 15) is 20.6 Å². The van der Waals surface area contributed by atoms with Gasteiger partial charge in [0.2, 0.25) is 0 Å². The Morgan fingerprint density at radius 3 is 1.62 bits per heavy atom. The second kappa shape index (κ2) is 16.6. The molecule has 0 atom stereocenters. The van der Waals surface area contributed by atoms with Crippen LogP contribution in [0, 0.1) is 0 Å². The molecular weight excluding hydrogens is 669 g/mol. The largest absolute Gasteiger partial charge is 0.508 e. The second-order valence-electron chi connectivity index (χ2n) is 11.4. The highest BCUT2D eigenvalue weighted by Crippen LogP contribution is 2.40. The maximum Gasteiger partial charge on any atom is 0.170 e. The monoisotopic (exact) mass is 706 g/mol. The zero-order chi connectivity index (χ0) is 35.6. The summed E-state index contributed by atoms with van der Waals surface area (Å²) in [6.45, 7) is 4.22. The van der Waals surface area contributed by atoms with Gasteiger partial charge in [0.05, 0.1) is 10.4 Å². The maximum absolute atomic E-state index is 9.60. The molecule has 0 unspecified atom stereocenters. The average molecular weight is 707 g/mol. The lowest BCUT2D eigenvalue weighted by Crippen LogP contribution is -2.15. The van der Waals surface area contributed by atoms with Gasteiger partial charge in [-0.25, -0.2) is 4.98 Å². The highest BCUT2D eigenvalue weighted by molar-refractivity contribution is 7.13. The molecule has 6 aromatic rings. The predicted molar refractivity (Wildman–Crippen MR) is 202 cm³/mol. The number of nitrogens with zero attached hydrogens (tertiary/aromatic N) is 4. The molecule has 12 heteroatoms. The number of amidine groups is 2. The van der Waals surface area contributed by atoms with E-state index in [1.807, 2.05) is 41.8 Å². The van der Waals surface area contributed by atoms with Crippen LogP contribution in [0.5, 0.6) is 11.5 Å². The Bertz CT molecular complexity index is 1930. The molecule has 0 amide bonds. The zero-order valence-electron chi connectivity index (χ0n) is 27.6. The number of benzene rings is 4. The second-order valence-corrected chi connectivity index (χ2v) is 13.2. The summed E-state index contributed by atoms with van der Waals surface area (Å²) in [5.74, 6) is 0.551. The molecule has 0 aliphatic carbocycles. The summed E-state index contributed by atoms with van der Waals surface area (Å²) in [6.07, 6.45) is 7.26. The molecule has 0 fully saturated rings. The first-order valence-corrected chi connectivity index (χ1v) is 17.7. The van der Waals surface area contributed by atoms with Crippen LogP contribution in [0.2, 0.25) is 0 Å². The Morgan fingerprint density at radius 2 is 1.20 bits per heavy atom. The smallest absolute Gasteiger partial charge is 0.170 e. The summed E-state index contributed by atoms with van der Waals surface area (Å²) < 4.78 is 0. The molecule has 256 valence electrons. The van der Waals surface area contributed by atoms with Crippen molar-refractivity contribution in [2.45, 2.75) is 39.5 Å². The molecule has 0 spiro atoms. The molecule has 0 bridgehead atoms. The molecule has 0 saturated carbocycles. The maximum atomic E-state index is 9.60. The first kappa shape index (κ1) is 35.6. The molecule has 50 heavy (non-hydrogen) atoms. The number of phenols is 2. The van der Waals surface area contributed by atoms with Crippen molar-refractivity contribution < 1.29 is 20.6 Å². The van der Waals surface area contributed by atoms with Crippen molar-refractivity contribution in [2.24, 2.45) is 21.8 Å². The summed E-state index contributed by atoms with van der Waals surface area (Å²) in [4.78, 5) is 9.53. The van der Waals surface area contributed by atoms with Gasteiger partial charge in [-0.3, -0.25) is 4.98 Å². The van der Waals surface area contributed by atoms with Crippen molar-refractivity contribution >= 4 is 34.3 Å². The number of hydrogen-bond acceptors (Lipinski definition) is 10. The van der Waals surface area contributed by atoms with E-state index in [2.05, 4.69) is 46.3 Å². The lowest BCUT2D eigenvalue weighted by atomic mass is 9.90. The molecule has 2 aromatic heterocycles. The van der Waals surface area contributed by atoms with Crippen LogP contribution < -0.4 is 11.5 Å². The molecular formula is C38H38N6O4S2. The van der Waals surface area contributed by atoms with Crippen LogP contribution in [-0.4, -0.2) is 42.3 Å². The minimum absolute atomic E-state index is 0.0585. The van der Waals surface area contributed by atoms with Gasteiger partial charge in [-0.1, -0.05) is 73.4 Å². The van der Waals surface area contributed by atoms with Gasteiger partial charge in [-0.2, -0.15) is 0 Å². The van der Waals surface area contributed by atoms with Gasteiger partial charge in [0.25, 0.3) is 0 Å². The number of aromatic nitrogens is 2. The topological polar surface area (TPSA) is 183 Å². The Morgan fingerprint density at radius 1 is 0.700 bits per heavy atom. The van der Waals surface area contributed by atoms with E-state index in [-0.39, 0.29) is 23.2 Å². The minimum atomic E-state index is 0.0585. The van der Waals surface area contributed by atoms with Crippen LogP contribution in [0.4, 0.5) is 0 Å². The average Bonchev–Trinajstić information content (AvgIpc) is 3.87. The summed E-state index contributed by atoms with van der Waals surface area (Å²) in [5, 5.41) is 46.8. The van der Waals surface area contributed by atoms with Gasteiger partial charge in [0.1, 0.15) is 16.5 Å². The van der Waals surface area contributed by atoms with Crippen molar-refractivity contribution in [2.75, 3.05) is 0 Å². The fourth-order valence-corrected chi connectivity index (χ4v) is 7.11. The van der Waals surface area contributed by atoms with E-state index < -0.39 is 0 Å². The summed E-state index contributed by atoms with van der Waals surface area (Å²) in [5.41, 5.74) is 22.8. The Hall–Kier alpha value is -5.72. The molecule has 4 aromatic carbocycles. The third-order valence-corrected chi connectivity index (χ3v) is 9.50. The molecule has 6 rings (SSSR count). The van der Waals surface area contributed by atoms with Crippen LogP contribution in [0.1, 0.15) is 48.9 Å². The number of aryl methyl sites for hydroxylation is 2. The minimum Gasteiger partial charge on any atom is -0.508 e. The number of hydrogen-bond donors (Lipinski definition) is 6. The SMILES string of the molecule is CCCc1cc(C(N)=NO)c(-c2cncs2)c(-c2ccc(O)cc2)c1.CCCc1cc(C(N)=NO)c(-c2nccs2)c(-c2ccc(O)cc2)c1. The van der Waals surface area contributed by atoms with Crippen molar-refractivity contribution in [3.63, 3.8) is 0 Å². The van der Waals surface area contributed by atoms with Crippen molar-refractivity contribution in [1.82, 2.24) is 9.97 Å². The molecule has 0 radical (unpaired) electrons. The van der Waals surface area contributed by atoms with E-state index in [0.29, 0.717) is 11.1 Å². The fourth-order valence-electron chi connectivity index (χ4n) is 5.70. The molecule has 10 nitrogen and oxygen atoms in total. The van der Waals surface area contributed by atoms with Crippen molar-refractivity contribution in [3.05, 3.63) is 118 Å². The molecule has 0 saturated heterocycles. The number of phenolic OH excluding ortho intramolecular Hbond substituents is 2. The zero-order valence-corrected chi connectivity index (χ0v) is 29.2. The van der Waals surface area contributed by atoms with Crippen molar-refractivity contribution in [1.29, 1.82) is 0 Å². The standard InChI is InChI=1S/2C19H19N3O2S/c1-2-3-12-8-15(13-4-6-14(23)7-5-13)18(17-10-21-11-25-17)16(9-12)19(20)22-24;1-2-3-12-10-15(13-4-6-14(23)7-5-13)17(19-21-8-9-25-19)16(11-12)18(20)22-24/h2*4-11,23-24H,2-3H2,1H3,(H2,20,22). The van der Waals surface area contributed by atoms with Crippen LogP contribution >= 0.6 is 22.7 Å². The first-order valence-electron chi connectivity index (χ1n) is 15.9. The van der Waals surface area contributed by atoms with Crippen LogP contribution in [0.25, 0.3) is 43.3 Å². The van der Waals surface area contributed by atoms with Crippen LogP contribution in [-0.2, 0) is 12.8 Å². The number of aromatic hydroxyl groups is 2. The molecule has 0 aliphatic heterocycles. The van der Waals surface area contributed by atoms with Gasteiger partial charge >= 0.3 is 0 Å². The van der Waals surface area contributed by atoms with E-state index in [1.165, 1.54) is 22.7 Å². The highest BCUT2D eigenvalue weighted by atomic mass is 32.1. The lowest BCUT2D eigenvalue weighted by molar-refractivity contribution is 0.318. The van der Waals surface area contributed by atoms with E-state index in [4.69, 9.17) is 11.5 Å². The highest BCUT2D eigenvalue weighted by Gasteiger charge is 2.20. The Balaban J connectivity index is 0.000000194. The van der Waals surface area contributed by atoms with Crippen LogP contribution in [0.3, 0.4) is 0 Å². The van der Waals surface area contributed by atoms with Crippen LogP contribution in [0.15, 0.2) is 106 Å². The van der Waals surface area contributed by atoms with Gasteiger partial charge in [0.15, 0.2) is 11.7 Å². The predicted octanol–water partition coefficient (Wildman–Crippen LogP) is 8.46. The summed E-state index contributed by atoms with van der Waals surface area (Å²) in [6, 6.07) is 22.2. The van der Waals surface area contributed by atoms with Crippen molar-refractivity contribution in [3.8, 4) is 54.8 Å². The van der Waals surface area contributed by atoms with E-state index >= 15 is 0 Å². The molecule has 8 N–H and O–H groups in total. The number of nitrogens with two attached hydrogens (primary N) is 2. The van der Waals surface area contributed by atoms with E-state index in [0.717, 1.165) is 80.1 Å². The van der Waals surface area contributed by atoms with Gasteiger partial charge < -0.3 is 32.1 Å². The van der Waals surface area contributed by atoms with Gasteiger partial charge in [0, 0.05) is 40.0 Å². The number of rotatable bonds is 10. The third kappa shape index (κ3) is 8.11. The normalized spacial score (nSPS) is 11.6. The summed E-state index contributed by atoms with van der Waals surface area (Å²) >= 11 is 2.99. The fraction of sp³-hybridized carbons (Fsp3) is 0.158. The third-order valence-electron chi connectivity index (χ3n) is 7.92. The molecule has 0 aliphatic rings. The lowest BCUT2D eigenvalue weighted by Gasteiger charge is -2.16.